The first kappa shape index (κ1) is 14.8. The van der Waals surface area contributed by atoms with Gasteiger partial charge in [0, 0.05) is 18.7 Å². The zero-order valence-corrected chi connectivity index (χ0v) is 12.2. The van der Waals surface area contributed by atoms with E-state index in [1.54, 1.807) is 13.2 Å². The van der Waals surface area contributed by atoms with Gasteiger partial charge in [-0.3, -0.25) is 0 Å². The fourth-order valence-electron chi connectivity index (χ4n) is 2.96. The van der Waals surface area contributed by atoms with Crippen LogP contribution in [0.3, 0.4) is 0 Å². The van der Waals surface area contributed by atoms with Gasteiger partial charge >= 0.3 is 0 Å². The summed E-state index contributed by atoms with van der Waals surface area (Å²) in [6, 6.07) is 7.64. The molecule has 0 heterocycles. The first-order valence-electron chi connectivity index (χ1n) is 7.07. The van der Waals surface area contributed by atoms with E-state index in [1.807, 2.05) is 19.2 Å². The molecular weight excluding hydrogens is 252 g/mol. The van der Waals surface area contributed by atoms with Gasteiger partial charge in [0.15, 0.2) is 0 Å². The Bertz CT molecular complexity index is 496. The third-order valence-electron chi connectivity index (χ3n) is 4.01. The van der Waals surface area contributed by atoms with Crippen molar-refractivity contribution in [1.82, 2.24) is 4.90 Å². The number of methoxy groups -OCH3 is 1. The van der Waals surface area contributed by atoms with Crippen LogP contribution in [0, 0.1) is 17.2 Å². The second-order valence-corrected chi connectivity index (χ2v) is 5.59. The van der Waals surface area contributed by atoms with Crippen molar-refractivity contribution in [1.29, 1.82) is 5.26 Å². The summed E-state index contributed by atoms with van der Waals surface area (Å²) in [6.45, 7) is 1.60. The maximum Gasteiger partial charge on any atom is 0.123 e. The summed E-state index contributed by atoms with van der Waals surface area (Å²) in [7, 11) is 3.69. The van der Waals surface area contributed by atoms with Crippen molar-refractivity contribution < 1.29 is 9.84 Å². The van der Waals surface area contributed by atoms with Crippen LogP contribution in [0.1, 0.15) is 30.4 Å². The molecule has 4 nitrogen and oxygen atoms in total. The molecule has 1 aromatic rings. The molecule has 0 spiro atoms. The van der Waals surface area contributed by atoms with Gasteiger partial charge in [-0.2, -0.15) is 5.26 Å². The molecule has 0 bridgehead atoms. The van der Waals surface area contributed by atoms with Crippen LogP contribution in [-0.4, -0.2) is 36.8 Å². The Morgan fingerprint density at radius 3 is 2.85 bits per heavy atom. The average molecular weight is 274 g/mol. The van der Waals surface area contributed by atoms with Gasteiger partial charge in [-0.1, -0.05) is 6.42 Å². The Kier molecular flexibility index (Phi) is 4.99. The van der Waals surface area contributed by atoms with Crippen LogP contribution in [0.4, 0.5) is 0 Å². The van der Waals surface area contributed by atoms with E-state index in [2.05, 4.69) is 11.0 Å². The summed E-state index contributed by atoms with van der Waals surface area (Å²) < 4.78 is 5.35. The molecule has 1 N–H and O–H groups in total. The fourth-order valence-corrected chi connectivity index (χ4v) is 2.96. The fraction of sp³-hybridized carbons (Fsp3) is 0.562. The standard InChI is InChI=1S/C16H22N2O2/c1-18(10-13-4-3-5-15(13)19)11-14-8-12(9-17)6-7-16(14)20-2/h6-8,13,15,19H,3-5,10-11H2,1-2H3. The van der Waals surface area contributed by atoms with Crippen LogP contribution < -0.4 is 4.74 Å². The summed E-state index contributed by atoms with van der Waals surface area (Å²) >= 11 is 0. The molecule has 0 radical (unpaired) electrons. The van der Waals surface area contributed by atoms with Crippen LogP contribution in [0.5, 0.6) is 5.75 Å². The lowest BCUT2D eigenvalue weighted by Gasteiger charge is -2.23. The number of aliphatic hydroxyl groups is 1. The van der Waals surface area contributed by atoms with E-state index < -0.39 is 0 Å². The number of aliphatic hydroxyl groups excluding tert-OH is 1. The van der Waals surface area contributed by atoms with Gasteiger partial charge in [0.25, 0.3) is 0 Å². The highest BCUT2D eigenvalue weighted by molar-refractivity contribution is 5.42. The van der Waals surface area contributed by atoms with Crippen molar-refractivity contribution in [2.24, 2.45) is 5.92 Å². The van der Waals surface area contributed by atoms with E-state index in [1.165, 1.54) is 0 Å². The Morgan fingerprint density at radius 1 is 1.45 bits per heavy atom. The molecule has 2 rings (SSSR count). The second kappa shape index (κ2) is 6.74. The van der Waals surface area contributed by atoms with Gasteiger partial charge < -0.3 is 14.7 Å². The van der Waals surface area contributed by atoms with E-state index in [-0.39, 0.29) is 6.10 Å². The molecule has 0 aromatic heterocycles. The third-order valence-corrected chi connectivity index (χ3v) is 4.01. The van der Waals surface area contributed by atoms with Crippen molar-refractivity contribution >= 4 is 0 Å². The lowest BCUT2D eigenvalue weighted by molar-refractivity contribution is 0.107. The number of nitriles is 1. The monoisotopic (exact) mass is 274 g/mol. The largest absolute Gasteiger partial charge is 0.496 e. The number of rotatable bonds is 5. The highest BCUT2D eigenvalue weighted by Gasteiger charge is 2.26. The van der Waals surface area contributed by atoms with Crippen molar-refractivity contribution in [2.75, 3.05) is 20.7 Å². The van der Waals surface area contributed by atoms with Crippen molar-refractivity contribution in [3.63, 3.8) is 0 Å². The van der Waals surface area contributed by atoms with E-state index in [4.69, 9.17) is 10.00 Å². The predicted molar refractivity (Wildman–Crippen MR) is 77.4 cm³/mol. The highest BCUT2D eigenvalue weighted by Crippen LogP contribution is 2.27. The van der Waals surface area contributed by atoms with Crippen LogP contribution in [0.25, 0.3) is 0 Å². The maximum absolute atomic E-state index is 9.89. The molecule has 0 saturated heterocycles. The van der Waals surface area contributed by atoms with Gasteiger partial charge in [-0.25, -0.2) is 0 Å². The van der Waals surface area contributed by atoms with E-state index in [9.17, 15) is 5.11 Å². The van der Waals surface area contributed by atoms with Crippen molar-refractivity contribution in [3.05, 3.63) is 29.3 Å². The number of ether oxygens (including phenoxy) is 1. The van der Waals surface area contributed by atoms with Gasteiger partial charge in [0.1, 0.15) is 5.75 Å². The molecule has 1 aromatic carbocycles. The van der Waals surface area contributed by atoms with Crippen LogP contribution in [0.15, 0.2) is 18.2 Å². The molecule has 1 saturated carbocycles. The lowest BCUT2D eigenvalue weighted by atomic mass is 10.0. The van der Waals surface area contributed by atoms with Gasteiger partial charge in [-0.15, -0.1) is 0 Å². The molecule has 2 atom stereocenters. The van der Waals surface area contributed by atoms with E-state index in [0.717, 1.165) is 43.7 Å². The number of hydrogen-bond donors (Lipinski definition) is 1. The van der Waals surface area contributed by atoms with Crippen LogP contribution in [0.2, 0.25) is 0 Å². The Morgan fingerprint density at radius 2 is 2.25 bits per heavy atom. The zero-order valence-electron chi connectivity index (χ0n) is 12.2. The summed E-state index contributed by atoms with van der Waals surface area (Å²) in [6.07, 6.45) is 2.98. The lowest BCUT2D eigenvalue weighted by Crippen LogP contribution is -2.29. The van der Waals surface area contributed by atoms with Crippen molar-refractivity contribution in [2.45, 2.75) is 31.9 Å². The minimum absolute atomic E-state index is 0.162. The van der Waals surface area contributed by atoms with Crippen molar-refractivity contribution in [3.8, 4) is 11.8 Å². The van der Waals surface area contributed by atoms with Gasteiger partial charge in [0.2, 0.25) is 0 Å². The van der Waals surface area contributed by atoms with Gasteiger partial charge in [-0.05, 0) is 44.0 Å². The van der Waals surface area contributed by atoms with E-state index >= 15 is 0 Å². The predicted octanol–water partition coefficient (Wildman–Crippen LogP) is 2.16. The number of benzene rings is 1. The highest BCUT2D eigenvalue weighted by atomic mass is 16.5. The molecule has 108 valence electrons. The Labute approximate surface area is 120 Å². The minimum atomic E-state index is -0.162. The molecule has 4 heteroatoms. The molecule has 1 fully saturated rings. The summed E-state index contributed by atoms with van der Waals surface area (Å²) in [5, 5.41) is 18.9. The third kappa shape index (κ3) is 3.50. The van der Waals surface area contributed by atoms with Crippen LogP contribution in [-0.2, 0) is 6.54 Å². The Hall–Kier alpha value is -1.57. The molecule has 0 aliphatic heterocycles. The first-order chi connectivity index (χ1) is 9.63. The summed E-state index contributed by atoms with van der Waals surface area (Å²) in [5.41, 5.74) is 1.66. The topological polar surface area (TPSA) is 56.5 Å². The average Bonchev–Trinajstić information content (AvgIpc) is 2.84. The number of hydrogen-bond acceptors (Lipinski definition) is 4. The summed E-state index contributed by atoms with van der Waals surface area (Å²) in [5.74, 6) is 1.17. The molecule has 1 aliphatic carbocycles. The normalized spacial score (nSPS) is 21.9. The Balaban J connectivity index is 2.03. The number of nitrogens with zero attached hydrogens (tertiary/aromatic N) is 2. The van der Waals surface area contributed by atoms with E-state index in [0.29, 0.717) is 11.5 Å². The minimum Gasteiger partial charge on any atom is -0.496 e. The van der Waals surface area contributed by atoms with Gasteiger partial charge in [0.05, 0.1) is 24.8 Å². The maximum atomic E-state index is 9.89. The van der Waals surface area contributed by atoms with Crippen LogP contribution >= 0.6 is 0 Å². The summed E-state index contributed by atoms with van der Waals surface area (Å²) in [4.78, 5) is 2.19. The molecular formula is C16H22N2O2. The molecule has 20 heavy (non-hydrogen) atoms. The SMILES string of the molecule is COc1ccc(C#N)cc1CN(C)CC1CCCC1O. The first-order valence-corrected chi connectivity index (χ1v) is 7.07. The molecule has 1 aliphatic rings. The molecule has 0 amide bonds. The quantitative estimate of drug-likeness (QED) is 0.894. The second-order valence-electron chi connectivity index (χ2n) is 5.59. The zero-order chi connectivity index (χ0) is 14.5. The smallest absolute Gasteiger partial charge is 0.123 e. The molecule has 2 unspecified atom stereocenters.